The van der Waals surface area contributed by atoms with Crippen molar-refractivity contribution in [3.63, 3.8) is 0 Å². The summed E-state index contributed by atoms with van der Waals surface area (Å²) >= 11 is 0. The second-order valence-corrected chi connectivity index (χ2v) is 8.11. The highest BCUT2D eigenvalue weighted by atomic mass is 16.6. The van der Waals surface area contributed by atoms with E-state index in [4.69, 9.17) is 18.9 Å². The maximum absolute atomic E-state index is 13.2. The van der Waals surface area contributed by atoms with Gasteiger partial charge < -0.3 is 24.3 Å². The van der Waals surface area contributed by atoms with Crippen LogP contribution in [0, 0.1) is 5.92 Å². The lowest BCUT2D eigenvalue weighted by Crippen LogP contribution is -2.32. The SMILES string of the molecule is COc1ccc(C(=O)N[C@@H](c2ccc3c(c2)OCCO3)C(C)C)cc1OCc1ccncc1. The molecule has 0 saturated carbocycles. The molecule has 0 unspecified atom stereocenters. The van der Waals surface area contributed by atoms with Gasteiger partial charge in [0.15, 0.2) is 23.0 Å². The highest BCUT2D eigenvalue weighted by Gasteiger charge is 2.22. The lowest BCUT2D eigenvalue weighted by molar-refractivity contribution is 0.0924. The number of aromatic nitrogens is 1. The van der Waals surface area contributed by atoms with Crippen molar-refractivity contribution in [1.29, 1.82) is 0 Å². The zero-order valence-electron chi connectivity index (χ0n) is 19.0. The summed E-state index contributed by atoms with van der Waals surface area (Å²) in [6, 6.07) is 14.5. The number of benzene rings is 2. The smallest absolute Gasteiger partial charge is 0.251 e. The van der Waals surface area contributed by atoms with Crippen LogP contribution in [0.4, 0.5) is 0 Å². The molecule has 4 rings (SSSR count). The minimum atomic E-state index is -0.198. The van der Waals surface area contributed by atoms with Crippen LogP contribution in [-0.2, 0) is 6.61 Å². The van der Waals surface area contributed by atoms with Gasteiger partial charge in [0.05, 0.1) is 13.2 Å². The largest absolute Gasteiger partial charge is 0.493 e. The molecule has 33 heavy (non-hydrogen) atoms. The predicted octanol–water partition coefficient (Wildman–Crippen LogP) is 4.57. The molecular weight excluding hydrogens is 420 g/mol. The van der Waals surface area contributed by atoms with Gasteiger partial charge in [0, 0.05) is 18.0 Å². The van der Waals surface area contributed by atoms with Crippen LogP contribution in [0.1, 0.15) is 41.4 Å². The minimum Gasteiger partial charge on any atom is -0.493 e. The number of rotatable bonds is 8. The van der Waals surface area contributed by atoms with E-state index in [1.54, 1.807) is 37.7 Å². The van der Waals surface area contributed by atoms with Crippen LogP contribution in [0.15, 0.2) is 60.9 Å². The van der Waals surface area contributed by atoms with Crippen LogP contribution in [-0.4, -0.2) is 31.2 Å². The number of pyridine rings is 1. The topological polar surface area (TPSA) is 78.9 Å². The third-order valence-corrected chi connectivity index (χ3v) is 5.45. The van der Waals surface area contributed by atoms with Gasteiger partial charge in [0.2, 0.25) is 0 Å². The molecule has 1 aromatic heterocycles. The van der Waals surface area contributed by atoms with E-state index in [0.717, 1.165) is 16.9 Å². The number of carbonyl (C=O) groups is 1. The monoisotopic (exact) mass is 448 g/mol. The molecule has 7 nitrogen and oxygen atoms in total. The summed E-state index contributed by atoms with van der Waals surface area (Å²) < 4.78 is 22.7. The molecule has 172 valence electrons. The van der Waals surface area contributed by atoms with Crippen molar-refractivity contribution in [2.24, 2.45) is 5.92 Å². The summed E-state index contributed by atoms with van der Waals surface area (Å²) in [5, 5.41) is 3.15. The second-order valence-electron chi connectivity index (χ2n) is 8.11. The zero-order chi connectivity index (χ0) is 23.2. The van der Waals surface area contributed by atoms with E-state index in [1.165, 1.54) is 0 Å². The number of nitrogens with one attached hydrogen (secondary N) is 1. The van der Waals surface area contributed by atoms with Gasteiger partial charge in [-0.25, -0.2) is 0 Å². The molecule has 0 radical (unpaired) electrons. The van der Waals surface area contributed by atoms with E-state index < -0.39 is 0 Å². The van der Waals surface area contributed by atoms with E-state index in [1.807, 2.05) is 30.3 Å². The van der Waals surface area contributed by atoms with Crippen LogP contribution in [0.25, 0.3) is 0 Å². The summed E-state index contributed by atoms with van der Waals surface area (Å²) in [5.74, 6) is 2.47. The van der Waals surface area contributed by atoms with Crippen LogP contribution >= 0.6 is 0 Å². The minimum absolute atomic E-state index is 0.164. The normalized spacial score (nSPS) is 13.3. The average molecular weight is 449 g/mol. The second kappa shape index (κ2) is 10.3. The van der Waals surface area contributed by atoms with Gasteiger partial charge in [-0.05, 0) is 59.5 Å². The number of carbonyl (C=O) groups excluding carboxylic acids is 1. The molecule has 1 atom stereocenters. The van der Waals surface area contributed by atoms with Crippen LogP contribution in [0.5, 0.6) is 23.0 Å². The number of hydrogen-bond acceptors (Lipinski definition) is 6. The number of ether oxygens (including phenoxy) is 4. The molecule has 2 aromatic carbocycles. The van der Waals surface area contributed by atoms with Crippen LogP contribution in [0.2, 0.25) is 0 Å². The Hall–Kier alpha value is -3.74. The molecule has 1 aliphatic heterocycles. The number of amides is 1. The molecule has 2 heterocycles. The van der Waals surface area contributed by atoms with E-state index in [-0.39, 0.29) is 17.9 Å². The lowest BCUT2D eigenvalue weighted by Gasteiger charge is -2.25. The lowest BCUT2D eigenvalue weighted by atomic mass is 9.95. The van der Waals surface area contributed by atoms with E-state index in [2.05, 4.69) is 24.1 Å². The number of nitrogens with zero attached hydrogens (tertiary/aromatic N) is 1. The van der Waals surface area contributed by atoms with Crippen molar-refractivity contribution in [1.82, 2.24) is 10.3 Å². The Morgan fingerprint density at radius 3 is 2.48 bits per heavy atom. The van der Waals surface area contributed by atoms with E-state index >= 15 is 0 Å². The Labute approximate surface area is 193 Å². The first kappa shape index (κ1) is 22.5. The predicted molar refractivity (Wildman–Crippen MR) is 124 cm³/mol. The molecule has 7 heteroatoms. The van der Waals surface area contributed by atoms with Crippen molar-refractivity contribution in [3.05, 3.63) is 77.6 Å². The van der Waals surface area contributed by atoms with Crippen molar-refractivity contribution < 1.29 is 23.7 Å². The van der Waals surface area contributed by atoms with E-state index in [9.17, 15) is 4.79 Å². The summed E-state index contributed by atoms with van der Waals surface area (Å²) in [5.41, 5.74) is 2.43. The zero-order valence-corrected chi connectivity index (χ0v) is 19.0. The van der Waals surface area contributed by atoms with Gasteiger partial charge in [0.25, 0.3) is 5.91 Å². The first-order valence-corrected chi connectivity index (χ1v) is 11.0. The summed E-state index contributed by atoms with van der Waals surface area (Å²) in [6.45, 7) is 5.54. The average Bonchev–Trinajstić information content (AvgIpc) is 2.85. The molecule has 1 aliphatic rings. The Morgan fingerprint density at radius 1 is 1.00 bits per heavy atom. The molecule has 0 saturated heterocycles. The van der Waals surface area contributed by atoms with Crippen molar-refractivity contribution in [2.75, 3.05) is 20.3 Å². The Balaban J connectivity index is 1.52. The molecule has 0 spiro atoms. The highest BCUT2D eigenvalue weighted by molar-refractivity contribution is 5.95. The third kappa shape index (κ3) is 5.37. The summed E-state index contributed by atoms with van der Waals surface area (Å²) in [6.07, 6.45) is 3.42. The first-order valence-electron chi connectivity index (χ1n) is 11.0. The Bertz CT molecular complexity index is 1100. The van der Waals surface area contributed by atoms with Crippen molar-refractivity contribution >= 4 is 5.91 Å². The molecule has 1 amide bonds. The Kier molecular flexibility index (Phi) is 6.98. The molecule has 3 aromatic rings. The van der Waals surface area contributed by atoms with Gasteiger partial charge in [0.1, 0.15) is 19.8 Å². The fraction of sp³-hybridized carbons (Fsp3) is 0.308. The standard InChI is InChI=1S/C26H28N2O5/c1-17(2)25(19-4-7-22-24(14-19)32-13-12-31-22)28-26(29)20-5-6-21(30-3)23(15-20)33-16-18-8-10-27-11-9-18/h4-11,14-15,17,25H,12-13,16H2,1-3H3,(H,28,29)/t25-/m1/s1. The molecule has 0 fully saturated rings. The number of hydrogen-bond donors (Lipinski definition) is 1. The molecule has 1 N–H and O–H groups in total. The number of fused-ring (bicyclic) bond motifs is 1. The molecular formula is C26H28N2O5. The fourth-order valence-corrected chi connectivity index (χ4v) is 3.68. The van der Waals surface area contributed by atoms with Crippen molar-refractivity contribution in [2.45, 2.75) is 26.5 Å². The fourth-order valence-electron chi connectivity index (χ4n) is 3.68. The Morgan fingerprint density at radius 2 is 1.76 bits per heavy atom. The van der Waals surface area contributed by atoms with Crippen LogP contribution < -0.4 is 24.3 Å². The van der Waals surface area contributed by atoms with Gasteiger partial charge in [-0.15, -0.1) is 0 Å². The molecule has 0 bridgehead atoms. The van der Waals surface area contributed by atoms with Gasteiger partial charge >= 0.3 is 0 Å². The summed E-state index contributed by atoms with van der Waals surface area (Å²) in [7, 11) is 1.57. The highest BCUT2D eigenvalue weighted by Crippen LogP contribution is 2.35. The van der Waals surface area contributed by atoms with Gasteiger partial charge in [-0.1, -0.05) is 19.9 Å². The van der Waals surface area contributed by atoms with Gasteiger partial charge in [-0.3, -0.25) is 9.78 Å². The number of methoxy groups -OCH3 is 1. The maximum atomic E-state index is 13.2. The van der Waals surface area contributed by atoms with E-state index in [0.29, 0.717) is 42.6 Å². The van der Waals surface area contributed by atoms with Crippen LogP contribution in [0.3, 0.4) is 0 Å². The quantitative estimate of drug-likeness (QED) is 0.544. The van der Waals surface area contributed by atoms with Crippen molar-refractivity contribution in [3.8, 4) is 23.0 Å². The maximum Gasteiger partial charge on any atom is 0.251 e. The first-order chi connectivity index (χ1) is 16.0. The molecule has 0 aliphatic carbocycles. The summed E-state index contributed by atoms with van der Waals surface area (Å²) in [4.78, 5) is 17.2. The van der Waals surface area contributed by atoms with Gasteiger partial charge in [-0.2, -0.15) is 0 Å². The third-order valence-electron chi connectivity index (χ3n) is 5.45.